The predicted molar refractivity (Wildman–Crippen MR) is 112 cm³/mol. The molecule has 2 fully saturated rings. The molecule has 30 heavy (non-hydrogen) atoms. The van der Waals surface area contributed by atoms with Crippen molar-refractivity contribution >= 4 is 11.7 Å². The summed E-state index contributed by atoms with van der Waals surface area (Å²) >= 11 is 0. The van der Waals surface area contributed by atoms with E-state index in [1.807, 2.05) is 0 Å². The van der Waals surface area contributed by atoms with Crippen molar-refractivity contribution in [2.24, 2.45) is 11.8 Å². The van der Waals surface area contributed by atoms with E-state index in [2.05, 4.69) is 29.3 Å². The van der Waals surface area contributed by atoms with E-state index < -0.39 is 0 Å². The molecule has 2 saturated heterocycles. The maximum absolute atomic E-state index is 12.4. The first-order valence-electron chi connectivity index (χ1n) is 10.8. The number of esters is 1. The third-order valence-corrected chi connectivity index (χ3v) is 7.61. The third-order valence-electron chi connectivity index (χ3n) is 7.61. The van der Waals surface area contributed by atoms with Crippen molar-refractivity contribution in [3.8, 4) is 11.5 Å². The molecular weight excluding hydrogens is 384 g/mol. The zero-order chi connectivity index (χ0) is 21.0. The van der Waals surface area contributed by atoms with Gasteiger partial charge in [0.15, 0.2) is 11.5 Å². The van der Waals surface area contributed by atoms with Crippen LogP contribution in [0.5, 0.6) is 11.5 Å². The highest BCUT2D eigenvalue weighted by atomic mass is 16.5. The number of carbonyl (C=O) groups is 1. The van der Waals surface area contributed by atoms with Gasteiger partial charge < -0.3 is 24.3 Å². The Morgan fingerprint density at radius 2 is 1.93 bits per heavy atom. The van der Waals surface area contributed by atoms with Gasteiger partial charge in [0.25, 0.3) is 0 Å². The van der Waals surface area contributed by atoms with Crippen LogP contribution >= 0.6 is 0 Å². The molecule has 162 valence electrons. The summed E-state index contributed by atoms with van der Waals surface area (Å²) in [6.45, 7) is 4.10. The molecule has 0 saturated carbocycles. The second kappa shape index (κ2) is 7.38. The molecule has 4 heterocycles. The molecule has 0 radical (unpaired) electrons. The average molecular weight is 415 g/mol. The number of hydrogen-bond acceptors (Lipinski definition) is 7. The smallest absolute Gasteiger partial charge is 0.337 e. The first-order chi connectivity index (χ1) is 14.5. The maximum Gasteiger partial charge on any atom is 0.337 e. The van der Waals surface area contributed by atoms with Gasteiger partial charge in [-0.1, -0.05) is 0 Å². The molecule has 1 aromatic rings. The molecule has 7 nitrogen and oxygen atoms in total. The highest BCUT2D eigenvalue weighted by Gasteiger charge is 2.51. The standard InChI is InChI=1S/C23H30N2O5/c1-12-16-10-25-6-5-13-15-8-20(27-2)21(28-3)9-18(15)24-22(13)19(25)7-14(16)17(11-30-12)23(26)29-4/h8-9,11-14,16,19,22,24H,5-7,10H2,1-4H3. The Labute approximate surface area is 177 Å². The van der Waals surface area contributed by atoms with E-state index in [1.54, 1.807) is 20.5 Å². The van der Waals surface area contributed by atoms with E-state index in [0.29, 0.717) is 29.5 Å². The lowest BCUT2D eigenvalue weighted by Crippen LogP contribution is -2.60. The van der Waals surface area contributed by atoms with Crippen LogP contribution in [-0.2, 0) is 14.3 Å². The molecule has 6 atom stereocenters. The molecule has 1 N–H and O–H groups in total. The molecule has 4 aliphatic rings. The fourth-order valence-corrected chi connectivity index (χ4v) is 6.07. The summed E-state index contributed by atoms with van der Waals surface area (Å²) < 4.78 is 21.9. The molecule has 0 aliphatic carbocycles. The quantitative estimate of drug-likeness (QED) is 0.763. The van der Waals surface area contributed by atoms with Crippen LogP contribution in [0.1, 0.15) is 31.2 Å². The van der Waals surface area contributed by atoms with E-state index in [9.17, 15) is 4.79 Å². The lowest BCUT2D eigenvalue weighted by molar-refractivity contribution is -0.139. The van der Waals surface area contributed by atoms with Crippen LogP contribution in [0.15, 0.2) is 24.0 Å². The van der Waals surface area contributed by atoms with E-state index in [1.165, 1.54) is 12.7 Å². The lowest BCUT2D eigenvalue weighted by atomic mass is 9.69. The molecule has 6 unspecified atom stereocenters. The number of nitrogens with zero attached hydrogens (tertiary/aromatic N) is 1. The van der Waals surface area contributed by atoms with Gasteiger partial charge in [0.1, 0.15) is 0 Å². The number of carbonyl (C=O) groups excluding carboxylic acids is 1. The summed E-state index contributed by atoms with van der Waals surface area (Å²) in [4.78, 5) is 15.0. The minimum atomic E-state index is -0.269. The van der Waals surface area contributed by atoms with Gasteiger partial charge in [0, 0.05) is 48.1 Å². The molecule has 4 aliphatic heterocycles. The van der Waals surface area contributed by atoms with Crippen LogP contribution in [0.4, 0.5) is 5.69 Å². The Balaban J connectivity index is 1.45. The predicted octanol–water partition coefficient (Wildman–Crippen LogP) is 2.77. The minimum absolute atomic E-state index is 0.101. The Kier molecular flexibility index (Phi) is 4.81. The molecule has 0 aromatic heterocycles. The topological polar surface area (TPSA) is 69.3 Å². The number of hydrogen-bond donors (Lipinski definition) is 1. The molecule has 0 amide bonds. The zero-order valence-electron chi connectivity index (χ0n) is 18.0. The molecular formula is C23H30N2O5. The van der Waals surface area contributed by atoms with Gasteiger partial charge in [-0.05, 0) is 37.9 Å². The van der Waals surface area contributed by atoms with E-state index >= 15 is 0 Å². The fraction of sp³-hybridized carbons (Fsp3) is 0.609. The summed E-state index contributed by atoms with van der Waals surface area (Å²) in [5.41, 5.74) is 3.13. The molecule has 5 rings (SSSR count). The Morgan fingerprint density at radius 3 is 2.67 bits per heavy atom. The van der Waals surface area contributed by atoms with E-state index in [-0.39, 0.29) is 18.0 Å². The van der Waals surface area contributed by atoms with Crippen molar-refractivity contribution in [2.75, 3.05) is 39.7 Å². The SMILES string of the molecule is COC(=O)C1=COC(C)C2CN3CCC4c5cc(OC)c(OC)cc5NC4C3CC12. The lowest BCUT2D eigenvalue weighted by Gasteiger charge is -2.52. The van der Waals surface area contributed by atoms with Gasteiger partial charge in [-0.2, -0.15) is 0 Å². The number of fused-ring (bicyclic) bond motifs is 6. The van der Waals surface area contributed by atoms with Crippen molar-refractivity contribution in [3.63, 3.8) is 0 Å². The van der Waals surface area contributed by atoms with Crippen LogP contribution in [0, 0.1) is 11.8 Å². The molecule has 7 heteroatoms. The summed E-state index contributed by atoms with van der Waals surface area (Å²) in [5, 5.41) is 3.78. The number of anilines is 1. The summed E-state index contributed by atoms with van der Waals surface area (Å²) in [5.74, 6) is 2.16. The van der Waals surface area contributed by atoms with Crippen molar-refractivity contribution < 1.29 is 23.7 Å². The second-order valence-corrected chi connectivity index (χ2v) is 8.83. The average Bonchev–Trinajstić information content (AvgIpc) is 3.14. The minimum Gasteiger partial charge on any atom is -0.497 e. The van der Waals surface area contributed by atoms with Gasteiger partial charge in [0.05, 0.1) is 39.3 Å². The highest BCUT2D eigenvalue weighted by Crippen LogP contribution is 2.51. The number of piperidine rings is 2. The van der Waals surface area contributed by atoms with Gasteiger partial charge in [-0.25, -0.2) is 4.79 Å². The number of rotatable bonds is 3. The number of nitrogens with one attached hydrogen (secondary N) is 1. The largest absolute Gasteiger partial charge is 0.497 e. The van der Waals surface area contributed by atoms with Crippen LogP contribution in [-0.4, -0.2) is 63.5 Å². The first-order valence-corrected chi connectivity index (χ1v) is 10.8. The van der Waals surface area contributed by atoms with Crippen LogP contribution in [0.3, 0.4) is 0 Å². The van der Waals surface area contributed by atoms with Gasteiger partial charge >= 0.3 is 5.97 Å². The normalized spacial score (nSPS) is 34.2. The van der Waals surface area contributed by atoms with E-state index in [4.69, 9.17) is 18.9 Å². The Hall–Kier alpha value is -2.41. The highest BCUT2D eigenvalue weighted by molar-refractivity contribution is 5.89. The number of methoxy groups -OCH3 is 3. The first kappa shape index (κ1) is 19.5. The van der Waals surface area contributed by atoms with Crippen molar-refractivity contribution in [1.82, 2.24) is 4.90 Å². The molecule has 1 aromatic carbocycles. The van der Waals surface area contributed by atoms with Crippen LogP contribution in [0.25, 0.3) is 0 Å². The Bertz CT molecular complexity index is 885. The Morgan fingerprint density at radius 1 is 1.17 bits per heavy atom. The van der Waals surface area contributed by atoms with Crippen molar-refractivity contribution in [3.05, 3.63) is 29.5 Å². The molecule has 0 spiro atoms. The maximum atomic E-state index is 12.4. The molecule has 0 bridgehead atoms. The van der Waals surface area contributed by atoms with E-state index in [0.717, 1.165) is 43.1 Å². The van der Waals surface area contributed by atoms with Crippen molar-refractivity contribution in [1.29, 1.82) is 0 Å². The van der Waals surface area contributed by atoms with Gasteiger partial charge in [-0.3, -0.25) is 4.90 Å². The van der Waals surface area contributed by atoms with Gasteiger partial charge in [-0.15, -0.1) is 0 Å². The second-order valence-electron chi connectivity index (χ2n) is 8.83. The third kappa shape index (κ3) is 2.86. The zero-order valence-corrected chi connectivity index (χ0v) is 18.0. The summed E-state index contributed by atoms with van der Waals surface area (Å²) in [6, 6.07) is 4.85. The monoisotopic (exact) mass is 414 g/mol. The number of ether oxygens (including phenoxy) is 4. The fourth-order valence-electron chi connectivity index (χ4n) is 6.07. The summed E-state index contributed by atoms with van der Waals surface area (Å²) in [6.07, 6.45) is 3.77. The van der Waals surface area contributed by atoms with Crippen molar-refractivity contribution in [2.45, 2.75) is 43.9 Å². The van der Waals surface area contributed by atoms with Crippen LogP contribution < -0.4 is 14.8 Å². The summed E-state index contributed by atoms with van der Waals surface area (Å²) in [7, 11) is 4.79. The van der Waals surface area contributed by atoms with Crippen LogP contribution in [0.2, 0.25) is 0 Å². The number of benzene rings is 1. The van der Waals surface area contributed by atoms with Gasteiger partial charge in [0.2, 0.25) is 0 Å².